The summed E-state index contributed by atoms with van der Waals surface area (Å²) < 4.78 is 0.233. The molecule has 1 rings (SSSR count). The summed E-state index contributed by atoms with van der Waals surface area (Å²) >= 11 is 0. The Kier molecular flexibility index (Phi) is 14.4. The molecular weight excluding hydrogens is 362 g/mol. The number of aliphatic carboxylic acids is 1. The van der Waals surface area contributed by atoms with Gasteiger partial charge in [-0.1, -0.05) is 70.4 Å². The van der Waals surface area contributed by atoms with Crippen molar-refractivity contribution >= 4 is 11.8 Å². The van der Waals surface area contributed by atoms with Crippen LogP contribution in [0.3, 0.4) is 0 Å². The molecule has 0 spiro atoms. The number of carboxylic acids is 1. The molecule has 1 aliphatic rings. The molecule has 1 atom stereocenters. The van der Waals surface area contributed by atoms with Gasteiger partial charge in [0.1, 0.15) is 19.3 Å². The predicted octanol–water partition coefficient (Wildman–Crippen LogP) is 4.43. The first-order chi connectivity index (χ1) is 14.1. The second-order valence-electron chi connectivity index (χ2n) is 8.25. The van der Waals surface area contributed by atoms with Crippen LogP contribution in [0.2, 0.25) is 0 Å². The van der Waals surface area contributed by atoms with Crippen molar-refractivity contribution in [3.63, 3.8) is 0 Å². The van der Waals surface area contributed by atoms with E-state index >= 15 is 0 Å². The number of carbonyl (C=O) groups excluding carboxylic acids is 1. The van der Waals surface area contributed by atoms with E-state index in [0.717, 1.165) is 31.5 Å². The Balaban J connectivity index is 2.05. The molecule has 0 saturated carbocycles. The molecule has 5 heteroatoms. The third-order valence-corrected chi connectivity index (χ3v) is 5.69. The normalized spacial score (nSPS) is 18.6. The molecule has 1 aliphatic heterocycles. The molecule has 0 amide bonds. The molecule has 0 bridgehead atoms. The Morgan fingerprint density at radius 1 is 1.00 bits per heavy atom. The van der Waals surface area contributed by atoms with Crippen LogP contribution in [0.25, 0.3) is 0 Å². The largest absolute Gasteiger partial charge is 0.544 e. The van der Waals surface area contributed by atoms with Crippen LogP contribution in [0.4, 0.5) is 0 Å². The van der Waals surface area contributed by atoms with Crippen LogP contribution < -0.4 is 10.8 Å². The molecule has 1 heterocycles. The average Bonchev–Trinajstić information content (AvgIpc) is 3.06. The van der Waals surface area contributed by atoms with Crippen LogP contribution in [-0.2, 0) is 4.79 Å². The number of nitrogens with two attached hydrogens (primary N) is 1. The monoisotopic (exact) mass is 405 g/mol. The fourth-order valence-electron chi connectivity index (χ4n) is 3.98. The van der Waals surface area contributed by atoms with Crippen molar-refractivity contribution in [3.05, 3.63) is 24.6 Å². The summed E-state index contributed by atoms with van der Waals surface area (Å²) in [6.07, 6.45) is 25.7. The van der Waals surface area contributed by atoms with Gasteiger partial charge in [-0.15, -0.1) is 0 Å². The van der Waals surface area contributed by atoms with E-state index in [1.54, 1.807) is 6.20 Å². The molecule has 0 saturated heterocycles. The van der Waals surface area contributed by atoms with Crippen molar-refractivity contribution in [2.75, 3.05) is 19.6 Å². The number of nitrogens with zero attached hydrogens (tertiary/aromatic N) is 2. The van der Waals surface area contributed by atoms with Crippen LogP contribution in [0.1, 0.15) is 96.8 Å². The first-order valence-electron chi connectivity index (χ1n) is 11.8. The average molecular weight is 406 g/mol. The minimum atomic E-state index is -1.06. The van der Waals surface area contributed by atoms with Gasteiger partial charge in [0.15, 0.2) is 0 Å². The van der Waals surface area contributed by atoms with Crippen LogP contribution >= 0.6 is 0 Å². The maximum Gasteiger partial charge on any atom is 0.207 e. The number of rotatable bonds is 19. The van der Waals surface area contributed by atoms with Gasteiger partial charge in [0.05, 0.1) is 12.2 Å². The lowest BCUT2D eigenvalue weighted by Crippen LogP contribution is -2.55. The molecule has 29 heavy (non-hydrogen) atoms. The number of hydrogen-bond acceptors (Lipinski definition) is 4. The third kappa shape index (κ3) is 11.3. The lowest BCUT2D eigenvalue weighted by molar-refractivity contribution is -0.780. The number of unbranched alkanes of at least 4 members (excludes halogenated alkanes) is 11. The van der Waals surface area contributed by atoms with Crippen molar-refractivity contribution < 1.29 is 14.4 Å². The minimum Gasteiger partial charge on any atom is -0.544 e. The second-order valence-corrected chi connectivity index (χ2v) is 8.25. The van der Waals surface area contributed by atoms with Crippen molar-refractivity contribution in [1.29, 1.82) is 0 Å². The zero-order chi connectivity index (χ0) is 21.2. The molecule has 1 unspecified atom stereocenters. The molecular formula is C24H43N3O2. The fourth-order valence-corrected chi connectivity index (χ4v) is 3.98. The van der Waals surface area contributed by atoms with Crippen molar-refractivity contribution in [1.82, 2.24) is 0 Å². The van der Waals surface area contributed by atoms with E-state index < -0.39 is 5.97 Å². The van der Waals surface area contributed by atoms with Crippen molar-refractivity contribution in [2.45, 2.75) is 96.8 Å². The predicted molar refractivity (Wildman–Crippen MR) is 120 cm³/mol. The van der Waals surface area contributed by atoms with Gasteiger partial charge in [0, 0.05) is 13.0 Å². The third-order valence-electron chi connectivity index (χ3n) is 5.69. The zero-order valence-corrected chi connectivity index (χ0v) is 18.6. The molecule has 2 N–H and O–H groups in total. The van der Waals surface area contributed by atoms with Gasteiger partial charge >= 0.3 is 0 Å². The Morgan fingerprint density at radius 2 is 1.59 bits per heavy atom. The molecule has 0 fully saturated rings. The number of carbonyl (C=O) groups is 1. The first kappa shape index (κ1) is 25.6. The summed E-state index contributed by atoms with van der Waals surface area (Å²) in [6, 6.07) is 0. The van der Waals surface area contributed by atoms with E-state index in [0.29, 0.717) is 13.1 Å². The van der Waals surface area contributed by atoms with Gasteiger partial charge in [-0.05, 0) is 32.1 Å². The lowest BCUT2D eigenvalue weighted by atomic mass is 10.1. The number of amidine groups is 1. The molecule has 0 aromatic heterocycles. The highest BCUT2D eigenvalue weighted by Crippen LogP contribution is 2.20. The van der Waals surface area contributed by atoms with E-state index in [1.165, 1.54) is 64.2 Å². The van der Waals surface area contributed by atoms with Crippen molar-refractivity contribution in [3.8, 4) is 0 Å². The highest BCUT2D eigenvalue weighted by molar-refractivity contribution is 5.80. The maximum absolute atomic E-state index is 11.1. The molecule has 5 nitrogen and oxygen atoms in total. The molecule has 0 aromatic rings. The van der Waals surface area contributed by atoms with E-state index in [4.69, 9.17) is 5.73 Å². The molecule has 0 aromatic carbocycles. The van der Waals surface area contributed by atoms with Gasteiger partial charge in [-0.25, -0.2) is 9.48 Å². The van der Waals surface area contributed by atoms with Crippen LogP contribution in [0.5, 0.6) is 0 Å². The quantitative estimate of drug-likeness (QED) is 0.196. The van der Waals surface area contributed by atoms with Crippen LogP contribution in [0, 0.1) is 0 Å². The summed E-state index contributed by atoms with van der Waals surface area (Å²) in [7, 11) is 0. The van der Waals surface area contributed by atoms with Gasteiger partial charge in [-0.2, -0.15) is 0 Å². The van der Waals surface area contributed by atoms with E-state index in [2.05, 4.69) is 24.1 Å². The summed E-state index contributed by atoms with van der Waals surface area (Å²) in [6.45, 7) is 3.18. The second kappa shape index (κ2) is 16.3. The number of quaternary nitrogens is 1. The summed E-state index contributed by atoms with van der Waals surface area (Å²) in [4.78, 5) is 15.5. The van der Waals surface area contributed by atoms with Crippen LogP contribution in [0.15, 0.2) is 29.5 Å². The SMILES string of the molecule is CCCCCCCCCC/C=C/CCCCCC1=NC=C[N+]1(CCN)CC(=O)[O-]. The Labute approximate surface area is 178 Å². The van der Waals surface area contributed by atoms with Gasteiger partial charge < -0.3 is 15.6 Å². The Hall–Kier alpha value is -1.46. The summed E-state index contributed by atoms with van der Waals surface area (Å²) in [5.74, 6) is -0.149. The van der Waals surface area contributed by atoms with Gasteiger partial charge in [0.25, 0.3) is 0 Å². The zero-order valence-electron chi connectivity index (χ0n) is 18.6. The fraction of sp³-hybridized carbons (Fsp3) is 0.750. The minimum absolute atomic E-state index is 0.0754. The van der Waals surface area contributed by atoms with E-state index in [-0.39, 0.29) is 11.0 Å². The van der Waals surface area contributed by atoms with Gasteiger partial charge in [0.2, 0.25) is 5.84 Å². The smallest absolute Gasteiger partial charge is 0.207 e. The maximum atomic E-state index is 11.1. The highest BCUT2D eigenvalue weighted by atomic mass is 16.4. The molecule has 166 valence electrons. The lowest BCUT2D eigenvalue weighted by Gasteiger charge is -2.32. The Morgan fingerprint density at radius 3 is 2.17 bits per heavy atom. The van der Waals surface area contributed by atoms with E-state index in [1.807, 2.05) is 6.20 Å². The summed E-state index contributed by atoms with van der Waals surface area (Å²) in [5.41, 5.74) is 5.69. The topological polar surface area (TPSA) is 78.5 Å². The standard InChI is InChI=1S/C24H43N3O2/c1-2-3-4-5-6-7-8-9-10-11-12-13-14-15-16-17-23-26-19-21-27(23,20-18-25)22-24(28)29/h11-12,19,21H,2-10,13-18,20,22,25H2,1H3/b12-11+. The number of carboxylic acid groups (broad SMARTS) is 1. The number of allylic oxidation sites excluding steroid dienone is 2. The molecule has 0 radical (unpaired) electrons. The number of aliphatic imine (C=N–C) groups is 1. The highest BCUT2D eigenvalue weighted by Gasteiger charge is 2.34. The summed E-state index contributed by atoms with van der Waals surface area (Å²) in [5, 5.41) is 11.1. The first-order valence-corrected chi connectivity index (χ1v) is 11.8. The van der Waals surface area contributed by atoms with E-state index in [9.17, 15) is 9.90 Å². The van der Waals surface area contributed by atoms with Crippen LogP contribution in [-0.4, -0.2) is 35.9 Å². The number of hydrogen-bond donors (Lipinski definition) is 1. The van der Waals surface area contributed by atoms with Gasteiger partial charge in [-0.3, -0.25) is 0 Å². The van der Waals surface area contributed by atoms with Crippen molar-refractivity contribution in [2.24, 2.45) is 10.7 Å². The Bertz CT molecular complexity index is 528. The molecule has 0 aliphatic carbocycles.